The van der Waals surface area contributed by atoms with Crippen LogP contribution in [0.4, 0.5) is 0 Å². The molecule has 0 fully saturated rings. The van der Waals surface area contributed by atoms with E-state index >= 15 is 0 Å². The second kappa shape index (κ2) is 13.9. The van der Waals surface area contributed by atoms with Crippen molar-refractivity contribution >= 4 is 58.5 Å². The van der Waals surface area contributed by atoms with Gasteiger partial charge in [-0.3, -0.25) is 9.79 Å². The van der Waals surface area contributed by atoms with Gasteiger partial charge in [-0.05, 0) is 31.2 Å². The number of carbonyl (C=O) groups is 1. The zero-order valence-corrected chi connectivity index (χ0v) is 19.7. The van der Waals surface area contributed by atoms with E-state index in [1.54, 1.807) is 11.3 Å². The Morgan fingerprint density at radius 3 is 2.74 bits per heavy atom. The standard InChI is InChI=1S/C18H27N5OS2.HI/c1-3-14-13-23-16(26-14)8-11-22-18(19-4-2)21-10-6-9-20-17(24)15-7-5-12-25-15;/h5,7,12-13H,3-4,6,8-11H2,1-2H3,(H,20,24)(H2,19,21,22);1H. The largest absolute Gasteiger partial charge is 0.357 e. The molecule has 0 bridgehead atoms. The summed E-state index contributed by atoms with van der Waals surface area (Å²) >= 11 is 3.23. The molecule has 1 amide bonds. The number of aliphatic imine (C=N–C) groups is 1. The fourth-order valence-electron chi connectivity index (χ4n) is 2.22. The lowest BCUT2D eigenvalue weighted by Gasteiger charge is -2.10. The van der Waals surface area contributed by atoms with Crippen molar-refractivity contribution in [1.82, 2.24) is 20.9 Å². The number of aromatic nitrogens is 1. The van der Waals surface area contributed by atoms with Gasteiger partial charge in [-0.1, -0.05) is 13.0 Å². The number of aryl methyl sites for hydroxylation is 1. The van der Waals surface area contributed by atoms with Crippen LogP contribution in [0.3, 0.4) is 0 Å². The van der Waals surface area contributed by atoms with Crippen molar-refractivity contribution in [3.63, 3.8) is 0 Å². The van der Waals surface area contributed by atoms with E-state index in [1.165, 1.54) is 16.2 Å². The lowest BCUT2D eigenvalue weighted by atomic mass is 10.4. The van der Waals surface area contributed by atoms with Crippen LogP contribution in [-0.2, 0) is 12.8 Å². The summed E-state index contributed by atoms with van der Waals surface area (Å²) in [7, 11) is 0. The first kappa shape index (κ1) is 23.8. The number of thiophene rings is 1. The Morgan fingerprint density at radius 2 is 2.07 bits per heavy atom. The molecular weight excluding hydrogens is 493 g/mol. The first-order chi connectivity index (χ1) is 12.7. The molecule has 2 aromatic heterocycles. The van der Waals surface area contributed by atoms with Gasteiger partial charge < -0.3 is 16.0 Å². The van der Waals surface area contributed by atoms with Crippen LogP contribution in [0.5, 0.6) is 0 Å². The average Bonchev–Trinajstić information content (AvgIpc) is 3.33. The summed E-state index contributed by atoms with van der Waals surface area (Å²) in [5, 5.41) is 12.6. The lowest BCUT2D eigenvalue weighted by Crippen LogP contribution is -2.38. The van der Waals surface area contributed by atoms with Crippen LogP contribution in [0.25, 0.3) is 0 Å². The quantitative estimate of drug-likeness (QED) is 0.194. The average molecular weight is 521 g/mol. The van der Waals surface area contributed by atoms with Gasteiger partial charge in [-0.2, -0.15) is 0 Å². The molecule has 150 valence electrons. The number of thiazole rings is 1. The van der Waals surface area contributed by atoms with Gasteiger partial charge in [0.2, 0.25) is 0 Å². The Morgan fingerprint density at radius 1 is 1.22 bits per heavy atom. The molecule has 0 unspecified atom stereocenters. The Hall–Kier alpha value is -1.20. The van der Waals surface area contributed by atoms with Crippen LogP contribution < -0.4 is 16.0 Å². The number of carbonyl (C=O) groups excluding carboxylic acids is 1. The van der Waals surface area contributed by atoms with Gasteiger partial charge in [0.05, 0.1) is 9.88 Å². The first-order valence-electron chi connectivity index (χ1n) is 9.00. The van der Waals surface area contributed by atoms with Crippen molar-refractivity contribution in [2.24, 2.45) is 4.99 Å². The smallest absolute Gasteiger partial charge is 0.261 e. The zero-order chi connectivity index (χ0) is 18.6. The van der Waals surface area contributed by atoms with Gasteiger partial charge in [-0.15, -0.1) is 46.7 Å². The molecule has 2 rings (SSSR count). The first-order valence-corrected chi connectivity index (χ1v) is 10.7. The van der Waals surface area contributed by atoms with E-state index in [2.05, 4.69) is 32.9 Å². The van der Waals surface area contributed by atoms with Crippen molar-refractivity contribution in [3.8, 4) is 0 Å². The number of hydrogen-bond donors (Lipinski definition) is 3. The van der Waals surface area contributed by atoms with Crippen LogP contribution in [0.15, 0.2) is 28.7 Å². The summed E-state index contributed by atoms with van der Waals surface area (Å²) in [6.45, 7) is 7.10. The van der Waals surface area contributed by atoms with Gasteiger partial charge in [0.1, 0.15) is 0 Å². The summed E-state index contributed by atoms with van der Waals surface area (Å²) in [6.07, 6.45) is 4.70. The molecular formula is C18H28IN5OS2. The minimum absolute atomic E-state index is 0. The second-order valence-electron chi connectivity index (χ2n) is 5.60. The van der Waals surface area contributed by atoms with E-state index < -0.39 is 0 Å². The molecule has 6 nitrogen and oxygen atoms in total. The summed E-state index contributed by atoms with van der Waals surface area (Å²) in [5.41, 5.74) is 0. The Bertz CT molecular complexity index is 688. The van der Waals surface area contributed by atoms with E-state index in [0.717, 1.165) is 48.2 Å². The highest BCUT2D eigenvalue weighted by Gasteiger charge is 2.05. The molecule has 27 heavy (non-hydrogen) atoms. The fraction of sp³-hybridized carbons (Fsp3) is 0.500. The minimum Gasteiger partial charge on any atom is -0.357 e. The van der Waals surface area contributed by atoms with Crippen LogP contribution in [0.2, 0.25) is 0 Å². The minimum atomic E-state index is -0.0103. The number of hydrogen-bond acceptors (Lipinski definition) is 5. The molecule has 0 atom stereocenters. The molecule has 9 heteroatoms. The molecule has 2 aromatic rings. The zero-order valence-electron chi connectivity index (χ0n) is 15.8. The van der Waals surface area contributed by atoms with E-state index in [0.29, 0.717) is 13.1 Å². The van der Waals surface area contributed by atoms with E-state index in [1.807, 2.05) is 30.6 Å². The summed E-state index contributed by atoms with van der Waals surface area (Å²) in [6, 6.07) is 3.71. The van der Waals surface area contributed by atoms with Gasteiger partial charge in [0.15, 0.2) is 5.96 Å². The van der Waals surface area contributed by atoms with E-state index in [9.17, 15) is 4.79 Å². The molecule has 0 aromatic carbocycles. The van der Waals surface area contributed by atoms with Crippen LogP contribution in [-0.4, -0.2) is 43.0 Å². The van der Waals surface area contributed by atoms with Crippen LogP contribution in [0.1, 0.15) is 39.8 Å². The normalized spacial score (nSPS) is 11.0. The molecule has 3 N–H and O–H groups in total. The van der Waals surface area contributed by atoms with E-state index in [-0.39, 0.29) is 29.9 Å². The molecule has 0 aliphatic rings. The molecule has 0 aliphatic carbocycles. The summed E-state index contributed by atoms with van der Waals surface area (Å²) < 4.78 is 0. The molecule has 0 spiro atoms. The van der Waals surface area contributed by atoms with Crippen molar-refractivity contribution in [1.29, 1.82) is 0 Å². The van der Waals surface area contributed by atoms with Gasteiger partial charge in [0, 0.05) is 43.7 Å². The van der Waals surface area contributed by atoms with Crippen molar-refractivity contribution in [3.05, 3.63) is 38.5 Å². The molecule has 0 saturated carbocycles. The molecule has 0 aliphatic heterocycles. The number of nitrogens with one attached hydrogen (secondary N) is 3. The van der Waals surface area contributed by atoms with Crippen molar-refractivity contribution in [2.75, 3.05) is 26.2 Å². The van der Waals surface area contributed by atoms with Crippen LogP contribution >= 0.6 is 46.7 Å². The highest BCUT2D eigenvalue weighted by atomic mass is 127. The second-order valence-corrected chi connectivity index (χ2v) is 7.75. The van der Waals surface area contributed by atoms with Gasteiger partial charge in [-0.25, -0.2) is 4.98 Å². The summed E-state index contributed by atoms with van der Waals surface area (Å²) in [4.78, 5) is 22.9. The fourth-order valence-corrected chi connectivity index (χ4v) is 3.73. The van der Waals surface area contributed by atoms with Crippen molar-refractivity contribution < 1.29 is 4.79 Å². The highest BCUT2D eigenvalue weighted by Crippen LogP contribution is 2.13. The molecule has 0 saturated heterocycles. The number of amides is 1. The topological polar surface area (TPSA) is 78.4 Å². The predicted molar refractivity (Wildman–Crippen MR) is 126 cm³/mol. The maximum Gasteiger partial charge on any atom is 0.261 e. The van der Waals surface area contributed by atoms with Crippen LogP contribution in [0, 0.1) is 0 Å². The number of halogens is 1. The molecule has 0 radical (unpaired) electrons. The highest BCUT2D eigenvalue weighted by molar-refractivity contribution is 14.0. The van der Waals surface area contributed by atoms with E-state index in [4.69, 9.17) is 0 Å². The molecule has 2 heterocycles. The maximum absolute atomic E-state index is 11.8. The van der Waals surface area contributed by atoms with Crippen molar-refractivity contribution in [2.45, 2.75) is 33.1 Å². The number of rotatable bonds is 10. The lowest BCUT2D eigenvalue weighted by molar-refractivity contribution is 0.0957. The Labute approximate surface area is 186 Å². The maximum atomic E-state index is 11.8. The van der Waals surface area contributed by atoms with Gasteiger partial charge >= 0.3 is 0 Å². The Kier molecular flexibility index (Phi) is 12.3. The third-order valence-corrected chi connectivity index (χ3v) is 5.63. The number of nitrogens with zero attached hydrogens (tertiary/aromatic N) is 2. The predicted octanol–water partition coefficient (Wildman–Crippen LogP) is 3.30. The summed E-state index contributed by atoms with van der Waals surface area (Å²) in [5.74, 6) is 0.799. The SMILES string of the molecule is CCNC(=NCCCNC(=O)c1cccs1)NCCc1ncc(CC)s1.I. The van der Waals surface area contributed by atoms with Gasteiger partial charge in [0.25, 0.3) is 5.91 Å². The monoisotopic (exact) mass is 521 g/mol. The number of guanidine groups is 1. The third kappa shape index (κ3) is 9.02. The third-order valence-electron chi connectivity index (χ3n) is 3.56. The Balaban J connectivity index is 0.00000364.